The van der Waals surface area contributed by atoms with E-state index in [2.05, 4.69) is 4.98 Å². The highest BCUT2D eigenvalue weighted by Gasteiger charge is 2.10. The Balaban J connectivity index is 1.89. The second kappa shape index (κ2) is 6.36. The molecule has 0 saturated heterocycles. The number of H-pyrrole nitrogens is 1. The van der Waals surface area contributed by atoms with Gasteiger partial charge >= 0.3 is 0 Å². The molecule has 5 heteroatoms. The Morgan fingerprint density at radius 3 is 2.74 bits per heavy atom. The molecule has 3 rings (SSSR count). The third kappa shape index (κ3) is 3.23. The number of fused-ring (bicyclic) bond motifs is 1. The third-order valence-corrected chi connectivity index (χ3v) is 3.60. The third-order valence-electron chi connectivity index (χ3n) is 3.60. The van der Waals surface area contributed by atoms with Crippen molar-refractivity contribution >= 4 is 17.0 Å². The maximum atomic E-state index is 10.8. The highest BCUT2D eigenvalue weighted by atomic mass is 16.6. The molecular formula is C18H16N2O3. The Morgan fingerprint density at radius 2 is 2.00 bits per heavy atom. The van der Waals surface area contributed by atoms with E-state index < -0.39 is 4.92 Å². The zero-order chi connectivity index (χ0) is 16.2. The smallest absolute Gasteiger partial charge is 0.243 e. The Hall–Kier alpha value is -3.08. The molecule has 5 nitrogen and oxygen atoms in total. The zero-order valence-electron chi connectivity index (χ0n) is 12.7. The second-order valence-corrected chi connectivity index (χ2v) is 5.24. The fourth-order valence-electron chi connectivity index (χ4n) is 2.40. The molecule has 1 N–H and O–H groups in total. The SMILES string of the molecule is C/C(=C\c1c[nH]c2c(OCc3ccccc3)cccc12)[N+](=O)[O-]. The van der Waals surface area contributed by atoms with Crippen molar-refractivity contribution in [3.05, 3.63) is 81.7 Å². The molecule has 116 valence electrons. The number of nitrogens with one attached hydrogen (secondary N) is 1. The van der Waals surface area contributed by atoms with Gasteiger partial charge in [0.1, 0.15) is 12.4 Å². The topological polar surface area (TPSA) is 68.2 Å². The van der Waals surface area contributed by atoms with Crippen LogP contribution in [0.5, 0.6) is 5.75 Å². The lowest BCUT2D eigenvalue weighted by Crippen LogP contribution is -1.95. The number of aromatic nitrogens is 1. The van der Waals surface area contributed by atoms with Crippen LogP contribution in [0.15, 0.2) is 60.4 Å². The van der Waals surface area contributed by atoms with Crippen molar-refractivity contribution < 1.29 is 9.66 Å². The van der Waals surface area contributed by atoms with Crippen LogP contribution >= 0.6 is 0 Å². The summed E-state index contributed by atoms with van der Waals surface area (Å²) in [4.78, 5) is 13.5. The minimum Gasteiger partial charge on any atom is -0.487 e. The van der Waals surface area contributed by atoms with E-state index >= 15 is 0 Å². The van der Waals surface area contributed by atoms with Gasteiger partial charge in [0.15, 0.2) is 0 Å². The van der Waals surface area contributed by atoms with Gasteiger partial charge in [-0.1, -0.05) is 42.5 Å². The lowest BCUT2D eigenvalue weighted by atomic mass is 10.1. The Bertz CT molecular complexity index is 866. The number of nitrogens with zero attached hydrogens (tertiary/aromatic N) is 1. The number of benzene rings is 2. The average Bonchev–Trinajstić information content (AvgIpc) is 2.97. The second-order valence-electron chi connectivity index (χ2n) is 5.24. The first-order valence-corrected chi connectivity index (χ1v) is 7.24. The van der Waals surface area contributed by atoms with Crippen molar-refractivity contribution in [3.63, 3.8) is 0 Å². The molecule has 0 aliphatic heterocycles. The molecule has 0 aliphatic carbocycles. The summed E-state index contributed by atoms with van der Waals surface area (Å²) in [6.45, 7) is 1.95. The summed E-state index contributed by atoms with van der Waals surface area (Å²) in [5, 5.41) is 11.7. The van der Waals surface area contributed by atoms with E-state index in [0.29, 0.717) is 6.61 Å². The Morgan fingerprint density at radius 1 is 1.22 bits per heavy atom. The van der Waals surface area contributed by atoms with Crippen LogP contribution in [0.4, 0.5) is 0 Å². The summed E-state index contributed by atoms with van der Waals surface area (Å²) in [5.74, 6) is 0.727. The van der Waals surface area contributed by atoms with Gasteiger partial charge in [-0.15, -0.1) is 0 Å². The summed E-state index contributed by atoms with van der Waals surface area (Å²) in [7, 11) is 0. The van der Waals surface area contributed by atoms with Crippen molar-refractivity contribution in [2.45, 2.75) is 13.5 Å². The predicted octanol–water partition coefficient (Wildman–Crippen LogP) is 4.38. The highest BCUT2D eigenvalue weighted by Crippen LogP contribution is 2.29. The van der Waals surface area contributed by atoms with E-state index in [1.54, 1.807) is 12.3 Å². The van der Waals surface area contributed by atoms with Crippen LogP contribution in [0.1, 0.15) is 18.1 Å². The number of para-hydroxylation sites is 1. The average molecular weight is 308 g/mol. The first kappa shape index (κ1) is 14.8. The molecule has 3 aromatic rings. The number of rotatable bonds is 5. The van der Waals surface area contributed by atoms with Crippen LogP contribution in [0.25, 0.3) is 17.0 Å². The van der Waals surface area contributed by atoms with E-state index in [0.717, 1.165) is 27.8 Å². The van der Waals surface area contributed by atoms with Crippen molar-refractivity contribution in [1.82, 2.24) is 4.98 Å². The largest absolute Gasteiger partial charge is 0.487 e. The number of ether oxygens (including phenoxy) is 1. The molecule has 0 aliphatic rings. The highest BCUT2D eigenvalue weighted by molar-refractivity contribution is 5.92. The summed E-state index contributed by atoms with van der Waals surface area (Å²) < 4.78 is 5.89. The lowest BCUT2D eigenvalue weighted by molar-refractivity contribution is -0.422. The zero-order valence-corrected chi connectivity index (χ0v) is 12.7. The summed E-state index contributed by atoms with van der Waals surface area (Å²) in [5.41, 5.74) is 2.80. The van der Waals surface area contributed by atoms with Crippen LogP contribution < -0.4 is 4.74 Å². The molecule has 0 saturated carbocycles. The number of hydrogen-bond acceptors (Lipinski definition) is 3. The van der Waals surface area contributed by atoms with Gasteiger partial charge in [-0.3, -0.25) is 10.1 Å². The summed E-state index contributed by atoms with van der Waals surface area (Å²) >= 11 is 0. The number of hydrogen-bond donors (Lipinski definition) is 1. The molecule has 0 fully saturated rings. The molecule has 0 bridgehead atoms. The van der Waals surface area contributed by atoms with E-state index in [4.69, 9.17) is 4.74 Å². The van der Waals surface area contributed by atoms with Gasteiger partial charge in [0, 0.05) is 30.1 Å². The van der Waals surface area contributed by atoms with Crippen LogP contribution in [0, 0.1) is 10.1 Å². The molecule has 2 aromatic carbocycles. The van der Waals surface area contributed by atoms with Gasteiger partial charge < -0.3 is 9.72 Å². The summed E-state index contributed by atoms with van der Waals surface area (Å²) in [6, 6.07) is 15.6. The first-order chi connectivity index (χ1) is 11.1. The monoisotopic (exact) mass is 308 g/mol. The summed E-state index contributed by atoms with van der Waals surface area (Å²) in [6.07, 6.45) is 3.31. The molecule has 0 atom stereocenters. The first-order valence-electron chi connectivity index (χ1n) is 7.24. The van der Waals surface area contributed by atoms with Gasteiger partial charge in [-0.2, -0.15) is 0 Å². The van der Waals surface area contributed by atoms with Gasteiger partial charge in [0.05, 0.1) is 10.4 Å². The fourth-order valence-corrected chi connectivity index (χ4v) is 2.40. The molecule has 1 heterocycles. The molecule has 0 spiro atoms. The standard InChI is InChI=1S/C18H16N2O3/c1-13(20(21)22)10-15-11-19-18-16(15)8-5-9-17(18)23-12-14-6-3-2-4-7-14/h2-11,19H,12H2,1H3/b13-10+. The molecular weight excluding hydrogens is 292 g/mol. The van der Waals surface area contributed by atoms with Gasteiger partial charge in [0.2, 0.25) is 5.70 Å². The Labute approximate surface area is 133 Å². The van der Waals surface area contributed by atoms with Gasteiger partial charge in [-0.05, 0) is 11.6 Å². The van der Waals surface area contributed by atoms with Crippen LogP contribution in [0.3, 0.4) is 0 Å². The minimum absolute atomic E-state index is 0.0986. The van der Waals surface area contributed by atoms with Crippen LogP contribution in [0.2, 0.25) is 0 Å². The molecule has 23 heavy (non-hydrogen) atoms. The van der Waals surface area contributed by atoms with Crippen LogP contribution in [-0.2, 0) is 6.61 Å². The van der Waals surface area contributed by atoms with Gasteiger partial charge in [0.25, 0.3) is 0 Å². The predicted molar refractivity (Wildman–Crippen MR) is 89.7 cm³/mol. The van der Waals surface area contributed by atoms with E-state index in [-0.39, 0.29) is 5.70 Å². The van der Waals surface area contributed by atoms with E-state index in [1.165, 1.54) is 6.92 Å². The van der Waals surface area contributed by atoms with Crippen LogP contribution in [-0.4, -0.2) is 9.91 Å². The van der Waals surface area contributed by atoms with Crippen molar-refractivity contribution in [2.24, 2.45) is 0 Å². The molecule has 0 amide bonds. The minimum atomic E-state index is -0.394. The van der Waals surface area contributed by atoms with Crippen molar-refractivity contribution in [1.29, 1.82) is 0 Å². The lowest BCUT2D eigenvalue weighted by Gasteiger charge is -2.07. The van der Waals surface area contributed by atoms with E-state index in [1.807, 2.05) is 48.5 Å². The van der Waals surface area contributed by atoms with Crippen molar-refractivity contribution in [3.8, 4) is 5.75 Å². The van der Waals surface area contributed by atoms with Gasteiger partial charge in [-0.25, -0.2) is 0 Å². The number of nitro groups is 1. The maximum absolute atomic E-state index is 10.8. The maximum Gasteiger partial charge on any atom is 0.243 e. The Kier molecular flexibility index (Phi) is 4.10. The van der Waals surface area contributed by atoms with Crippen molar-refractivity contribution in [2.75, 3.05) is 0 Å². The quantitative estimate of drug-likeness (QED) is 0.561. The van der Waals surface area contributed by atoms with E-state index in [9.17, 15) is 10.1 Å². The molecule has 1 aromatic heterocycles. The number of aromatic amines is 1. The fraction of sp³-hybridized carbons (Fsp3) is 0.111. The molecule has 0 radical (unpaired) electrons. The molecule has 0 unspecified atom stereocenters. The normalized spacial score (nSPS) is 11.6. The number of allylic oxidation sites excluding steroid dienone is 1.